The third-order valence-electron chi connectivity index (χ3n) is 3.60. The number of nitriles is 1. The Morgan fingerprint density at radius 2 is 2.21 bits per heavy atom. The zero-order valence-corrected chi connectivity index (χ0v) is 11.9. The van der Waals surface area contributed by atoms with Gasteiger partial charge in [-0.1, -0.05) is 6.07 Å². The standard InChI is InChI=1S/C14H17NO3S/c1-10-7-12(8-15)3-4-13(10)9-19(16,17)14-5-6-18-11(14)2/h3-4,7,11,14H,5-6,9H2,1-2H3. The van der Waals surface area contributed by atoms with Gasteiger partial charge in [0.2, 0.25) is 0 Å². The molecule has 1 aromatic rings. The summed E-state index contributed by atoms with van der Waals surface area (Å²) in [6, 6.07) is 7.16. The van der Waals surface area contributed by atoms with E-state index in [1.807, 2.05) is 6.92 Å². The van der Waals surface area contributed by atoms with Crippen LogP contribution in [0.3, 0.4) is 0 Å². The molecule has 0 bridgehead atoms. The summed E-state index contributed by atoms with van der Waals surface area (Å²) in [5, 5.41) is 8.39. The quantitative estimate of drug-likeness (QED) is 0.848. The second-order valence-corrected chi connectivity index (χ2v) is 7.18. The fraction of sp³-hybridized carbons (Fsp3) is 0.500. The molecule has 1 heterocycles. The van der Waals surface area contributed by atoms with Crippen molar-refractivity contribution in [1.29, 1.82) is 5.26 Å². The Labute approximate surface area is 113 Å². The predicted octanol–water partition coefficient (Wildman–Crippen LogP) is 1.96. The van der Waals surface area contributed by atoms with Gasteiger partial charge in [0.05, 0.1) is 28.7 Å². The van der Waals surface area contributed by atoms with Gasteiger partial charge in [-0.15, -0.1) is 0 Å². The van der Waals surface area contributed by atoms with Crippen LogP contribution < -0.4 is 0 Å². The van der Waals surface area contributed by atoms with Gasteiger partial charge in [0.1, 0.15) is 0 Å². The summed E-state index contributed by atoms with van der Waals surface area (Å²) >= 11 is 0. The van der Waals surface area contributed by atoms with Crippen molar-refractivity contribution < 1.29 is 13.2 Å². The Kier molecular flexibility index (Phi) is 3.93. The molecule has 0 aliphatic carbocycles. The molecule has 0 N–H and O–H groups in total. The predicted molar refractivity (Wildman–Crippen MR) is 72.3 cm³/mol. The first-order valence-electron chi connectivity index (χ1n) is 6.27. The molecule has 0 amide bonds. The molecule has 1 saturated heterocycles. The summed E-state index contributed by atoms with van der Waals surface area (Å²) in [6.45, 7) is 4.15. The second kappa shape index (κ2) is 5.32. The number of rotatable bonds is 3. The summed E-state index contributed by atoms with van der Waals surface area (Å²) < 4.78 is 30.1. The highest BCUT2D eigenvalue weighted by Gasteiger charge is 2.35. The third kappa shape index (κ3) is 2.96. The van der Waals surface area contributed by atoms with Gasteiger partial charge < -0.3 is 4.74 Å². The maximum absolute atomic E-state index is 12.4. The molecule has 4 nitrogen and oxygen atoms in total. The topological polar surface area (TPSA) is 67.2 Å². The van der Waals surface area contributed by atoms with Crippen LogP contribution in [0.1, 0.15) is 30.0 Å². The Morgan fingerprint density at radius 3 is 2.74 bits per heavy atom. The fourth-order valence-corrected chi connectivity index (χ4v) is 4.52. The average Bonchev–Trinajstić information content (AvgIpc) is 2.79. The first-order valence-corrected chi connectivity index (χ1v) is 7.98. The van der Waals surface area contributed by atoms with Gasteiger partial charge >= 0.3 is 0 Å². The number of nitrogens with zero attached hydrogens (tertiary/aromatic N) is 1. The monoisotopic (exact) mass is 279 g/mol. The van der Waals surface area contributed by atoms with Crippen LogP contribution >= 0.6 is 0 Å². The second-order valence-electron chi connectivity index (χ2n) is 4.96. The number of aryl methyl sites for hydroxylation is 1. The number of hydrogen-bond acceptors (Lipinski definition) is 4. The minimum atomic E-state index is -3.21. The fourth-order valence-electron chi connectivity index (χ4n) is 2.43. The first-order chi connectivity index (χ1) is 8.94. The summed E-state index contributed by atoms with van der Waals surface area (Å²) in [5.41, 5.74) is 2.16. The summed E-state index contributed by atoms with van der Waals surface area (Å²) in [5.74, 6) is 0.0168. The van der Waals surface area contributed by atoms with Crippen molar-refractivity contribution in [3.8, 4) is 6.07 Å². The van der Waals surface area contributed by atoms with Crippen molar-refractivity contribution in [2.24, 2.45) is 0 Å². The van der Waals surface area contributed by atoms with E-state index in [2.05, 4.69) is 6.07 Å². The van der Waals surface area contributed by atoms with Crippen molar-refractivity contribution in [2.75, 3.05) is 6.61 Å². The lowest BCUT2D eigenvalue weighted by Crippen LogP contribution is -2.29. The van der Waals surface area contributed by atoms with Crippen LogP contribution in [0.2, 0.25) is 0 Å². The largest absolute Gasteiger partial charge is 0.377 e. The van der Waals surface area contributed by atoms with Crippen molar-refractivity contribution in [1.82, 2.24) is 0 Å². The summed E-state index contributed by atoms with van der Waals surface area (Å²) in [4.78, 5) is 0. The maximum Gasteiger partial charge on any atom is 0.159 e. The Morgan fingerprint density at radius 1 is 1.47 bits per heavy atom. The van der Waals surface area contributed by atoms with Gasteiger partial charge in [-0.05, 0) is 43.5 Å². The lowest BCUT2D eigenvalue weighted by Gasteiger charge is -2.16. The van der Waals surface area contributed by atoms with Crippen molar-refractivity contribution in [2.45, 2.75) is 37.4 Å². The van der Waals surface area contributed by atoms with Gasteiger partial charge in [-0.25, -0.2) is 8.42 Å². The van der Waals surface area contributed by atoms with Gasteiger partial charge in [0.25, 0.3) is 0 Å². The normalized spacial score (nSPS) is 23.2. The van der Waals surface area contributed by atoms with E-state index in [9.17, 15) is 8.42 Å². The van der Waals surface area contributed by atoms with Crippen LogP contribution in [0.25, 0.3) is 0 Å². The molecule has 19 heavy (non-hydrogen) atoms. The minimum Gasteiger partial charge on any atom is -0.377 e. The Hall–Kier alpha value is -1.38. The minimum absolute atomic E-state index is 0.0168. The Bertz CT molecular complexity index is 616. The van der Waals surface area contributed by atoms with E-state index in [1.54, 1.807) is 25.1 Å². The molecule has 102 valence electrons. The van der Waals surface area contributed by atoms with E-state index in [0.29, 0.717) is 18.6 Å². The van der Waals surface area contributed by atoms with E-state index in [4.69, 9.17) is 10.00 Å². The SMILES string of the molecule is Cc1cc(C#N)ccc1CS(=O)(=O)C1CCOC1C. The molecule has 1 aliphatic heterocycles. The van der Waals surface area contributed by atoms with E-state index in [1.165, 1.54) is 0 Å². The smallest absolute Gasteiger partial charge is 0.159 e. The highest BCUT2D eigenvalue weighted by Crippen LogP contribution is 2.25. The summed E-state index contributed by atoms with van der Waals surface area (Å²) in [7, 11) is -3.21. The number of ether oxygens (including phenoxy) is 1. The lowest BCUT2D eigenvalue weighted by molar-refractivity contribution is 0.126. The molecule has 0 spiro atoms. The molecule has 1 fully saturated rings. The molecule has 1 aliphatic rings. The average molecular weight is 279 g/mol. The maximum atomic E-state index is 12.4. The summed E-state index contributed by atoms with van der Waals surface area (Å²) in [6.07, 6.45) is 0.336. The molecule has 2 atom stereocenters. The van der Waals surface area contributed by atoms with E-state index < -0.39 is 15.1 Å². The lowest BCUT2D eigenvalue weighted by atomic mass is 10.1. The molecule has 0 radical (unpaired) electrons. The molecule has 2 rings (SSSR count). The van der Waals surface area contributed by atoms with Gasteiger partial charge in [-0.2, -0.15) is 5.26 Å². The van der Waals surface area contributed by atoms with Gasteiger partial charge in [0, 0.05) is 6.61 Å². The molecule has 0 saturated carbocycles. The highest BCUT2D eigenvalue weighted by atomic mass is 32.2. The Balaban J connectivity index is 2.23. The molecular formula is C14H17NO3S. The van der Waals surface area contributed by atoms with Crippen LogP contribution in [-0.2, 0) is 20.3 Å². The van der Waals surface area contributed by atoms with Crippen molar-refractivity contribution >= 4 is 9.84 Å². The van der Waals surface area contributed by atoms with E-state index in [0.717, 1.165) is 11.1 Å². The first kappa shape index (κ1) is 14.0. The molecule has 1 aromatic carbocycles. The highest BCUT2D eigenvalue weighted by molar-refractivity contribution is 7.91. The van der Waals surface area contributed by atoms with Crippen LogP contribution in [0.4, 0.5) is 0 Å². The van der Waals surface area contributed by atoms with Gasteiger partial charge in [-0.3, -0.25) is 0 Å². The zero-order valence-electron chi connectivity index (χ0n) is 11.1. The van der Waals surface area contributed by atoms with Crippen LogP contribution in [0, 0.1) is 18.3 Å². The van der Waals surface area contributed by atoms with Crippen LogP contribution in [0.15, 0.2) is 18.2 Å². The number of sulfone groups is 1. The van der Waals surface area contributed by atoms with Crippen LogP contribution in [0.5, 0.6) is 0 Å². The van der Waals surface area contributed by atoms with Crippen LogP contribution in [-0.4, -0.2) is 26.4 Å². The van der Waals surface area contributed by atoms with E-state index in [-0.39, 0.29) is 11.9 Å². The van der Waals surface area contributed by atoms with Crippen molar-refractivity contribution in [3.63, 3.8) is 0 Å². The zero-order chi connectivity index (χ0) is 14.0. The molecular weight excluding hydrogens is 262 g/mol. The van der Waals surface area contributed by atoms with E-state index >= 15 is 0 Å². The number of benzene rings is 1. The van der Waals surface area contributed by atoms with Gasteiger partial charge in [0.15, 0.2) is 9.84 Å². The van der Waals surface area contributed by atoms with Crippen molar-refractivity contribution in [3.05, 3.63) is 34.9 Å². The molecule has 2 unspecified atom stereocenters. The number of hydrogen-bond donors (Lipinski definition) is 0. The molecule has 5 heteroatoms. The third-order valence-corrected chi connectivity index (χ3v) is 5.85. The molecule has 0 aromatic heterocycles.